The van der Waals surface area contributed by atoms with Crippen LogP contribution in [0, 0.1) is 29.6 Å². The van der Waals surface area contributed by atoms with Gasteiger partial charge in [0, 0.05) is 24.7 Å². The highest BCUT2D eigenvalue weighted by atomic mass is 16.2. The van der Waals surface area contributed by atoms with Crippen LogP contribution in [0.1, 0.15) is 78.2 Å². The van der Waals surface area contributed by atoms with E-state index in [0.717, 1.165) is 53.4 Å². The molecule has 8 rings (SSSR count). The normalized spacial score (nSPS) is 37.5. The number of aromatic nitrogens is 2. The average molecular weight is 556 g/mol. The number of amides is 3. The SMILES string of the molecule is C[C@@H]1CC[C@H]2C[C@@H](n3c(=O)c(N4C(=O)NC(C)(C)C4=O)nc4ccccc43)C[C@@H]1N2C[C@@H]1C[C@@H]2C=C3[C@@H](C2)C[C@@H]3C1. The predicted octanol–water partition coefficient (Wildman–Crippen LogP) is 5.03. The number of carbonyl (C=O) groups excluding carboxylic acids is 2. The van der Waals surface area contributed by atoms with E-state index in [1.165, 1.54) is 38.6 Å². The maximum atomic E-state index is 14.2. The number of anilines is 1. The van der Waals surface area contributed by atoms with Crippen molar-refractivity contribution in [3.8, 4) is 0 Å². The summed E-state index contributed by atoms with van der Waals surface area (Å²) in [6.45, 7) is 6.88. The van der Waals surface area contributed by atoms with Gasteiger partial charge in [0.25, 0.3) is 11.5 Å². The van der Waals surface area contributed by atoms with Crippen molar-refractivity contribution >= 4 is 28.8 Å². The maximum absolute atomic E-state index is 14.2. The summed E-state index contributed by atoms with van der Waals surface area (Å²) in [5.74, 6) is 3.33. The molecule has 0 spiro atoms. The van der Waals surface area contributed by atoms with Crippen molar-refractivity contribution in [1.82, 2.24) is 19.8 Å². The zero-order chi connectivity index (χ0) is 28.2. The number of allylic oxidation sites excluding steroid dienone is 2. The molecule has 3 saturated heterocycles. The molecule has 8 heteroatoms. The fraction of sp³-hybridized carbons (Fsp3) is 0.636. The van der Waals surface area contributed by atoms with Gasteiger partial charge in [0.1, 0.15) is 5.54 Å². The van der Waals surface area contributed by atoms with Crippen LogP contribution in [0.4, 0.5) is 10.6 Å². The Labute approximate surface area is 241 Å². The van der Waals surface area contributed by atoms with Gasteiger partial charge in [-0.25, -0.2) is 14.7 Å². The van der Waals surface area contributed by atoms with Crippen LogP contribution < -0.4 is 15.8 Å². The van der Waals surface area contributed by atoms with E-state index in [-0.39, 0.29) is 17.4 Å². The molecule has 41 heavy (non-hydrogen) atoms. The number of rotatable bonds is 4. The van der Waals surface area contributed by atoms with Crippen LogP contribution in [0.5, 0.6) is 0 Å². The number of hydrogen-bond donors (Lipinski definition) is 1. The van der Waals surface area contributed by atoms with Crippen molar-refractivity contribution in [3.05, 3.63) is 46.3 Å². The summed E-state index contributed by atoms with van der Waals surface area (Å²) in [4.78, 5) is 48.7. The van der Waals surface area contributed by atoms with Gasteiger partial charge in [-0.3, -0.25) is 14.5 Å². The molecule has 4 bridgehead atoms. The van der Waals surface area contributed by atoms with E-state index in [1.807, 2.05) is 28.8 Å². The number of urea groups is 1. The topological polar surface area (TPSA) is 87.5 Å². The summed E-state index contributed by atoms with van der Waals surface area (Å²) in [5.41, 5.74) is 1.78. The molecular weight excluding hydrogens is 514 g/mol. The first-order valence-electron chi connectivity index (χ1n) is 15.8. The third-order valence-electron chi connectivity index (χ3n) is 11.5. The van der Waals surface area contributed by atoms with Gasteiger partial charge in [-0.2, -0.15) is 0 Å². The second-order valence-corrected chi connectivity index (χ2v) is 14.5. The van der Waals surface area contributed by atoms with Crippen LogP contribution in [0.25, 0.3) is 11.0 Å². The highest BCUT2D eigenvalue weighted by Gasteiger charge is 2.49. The quantitative estimate of drug-likeness (QED) is 0.423. The molecule has 2 aromatic rings. The largest absolute Gasteiger partial charge is 0.331 e. The summed E-state index contributed by atoms with van der Waals surface area (Å²) in [6, 6.07) is 7.94. The van der Waals surface area contributed by atoms with Crippen LogP contribution in [0.2, 0.25) is 0 Å². The van der Waals surface area contributed by atoms with Crippen molar-refractivity contribution in [1.29, 1.82) is 0 Å². The fourth-order valence-corrected chi connectivity index (χ4v) is 9.58. The number of carbonyl (C=O) groups is 2. The summed E-state index contributed by atoms with van der Waals surface area (Å²) >= 11 is 0. The molecule has 8 nitrogen and oxygen atoms in total. The van der Waals surface area contributed by atoms with Gasteiger partial charge in [-0.05, 0) is 107 Å². The molecule has 4 fully saturated rings. The van der Waals surface area contributed by atoms with E-state index < -0.39 is 17.5 Å². The lowest BCUT2D eigenvalue weighted by Crippen LogP contribution is -2.57. The molecule has 0 radical (unpaired) electrons. The lowest BCUT2D eigenvalue weighted by molar-refractivity contribution is -0.121. The molecule has 3 aliphatic heterocycles. The Morgan fingerprint density at radius 2 is 1.76 bits per heavy atom. The molecular formula is C33H41N5O3. The van der Waals surface area contributed by atoms with Crippen molar-refractivity contribution < 1.29 is 9.59 Å². The van der Waals surface area contributed by atoms with E-state index in [2.05, 4.69) is 28.2 Å². The molecule has 6 aliphatic rings. The molecule has 1 aromatic carbocycles. The van der Waals surface area contributed by atoms with Crippen molar-refractivity contribution in [2.75, 3.05) is 11.4 Å². The minimum Gasteiger partial charge on any atom is -0.323 e. The Bertz CT molecular complexity index is 1540. The average Bonchev–Trinajstić information content (AvgIpc) is 3.28. The lowest BCUT2D eigenvalue weighted by atomic mass is 9.65. The van der Waals surface area contributed by atoms with Gasteiger partial charge in [0.2, 0.25) is 5.82 Å². The third-order valence-corrected chi connectivity index (χ3v) is 11.5. The Balaban J connectivity index is 1.13. The standard InChI is InChI=1S/C33H41N5O3/c1-18-8-9-23-15-24(16-28(18)36(23)17-20-10-19-11-21-14-22(12-20)25(21)13-19)37-27-7-5-4-6-26(27)34-29(30(37)39)38-31(40)33(2,3)35-32(38)41/h4-7,13,18-24,28H,8-12,14-17H2,1-3H3,(H,35,41)/t18-,19+,20-,21+,22+,23+,24-,28+/m1/s1. The van der Waals surface area contributed by atoms with Crippen molar-refractivity contribution in [3.63, 3.8) is 0 Å². The number of para-hydroxylation sites is 2. The van der Waals surface area contributed by atoms with E-state index >= 15 is 0 Å². The van der Waals surface area contributed by atoms with E-state index in [0.29, 0.717) is 23.5 Å². The molecule has 216 valence electrons. The molecule has 0 unspecified atom stereocenters. The van der Waals surface area contributed by atoms with Gasteiger partial charge < -0.3 is 9.88 Å². The van der Waals surface area contributed by atoms with Gasteiger partial charge in [0.05, 0.1) is 11.0 Å². The van der Waals surface area contributed by atoms with Crippen molar-refractivity contribution in [2.24, 2.45) is 29.6 Å². The number of benzene rings is 1. The Hall–Kier alpha value is -3.00. The lowest BCUT2D eigenvalue weighted by Gasteiger charge is -2.53. The highest BCUT2D eigenvalue weighted by molar-refractivity contribution is 6.22. The first-order chi connectivity index (χ1) is 19.7. The van der Waals surface area contributed by atoms with Crippen molar-refractivity contribution in [2.45, 2.75) is 95.8 Å². The Kier molecular flexibility index (Phi) is 5.64. The monoisotopic (exact) mass is 555 g/mol. The van der Waals surface area contributed by atoms with E-state index in [1.54, 1.807) is 19.4 Å². The van der Waals surface area contributed by atoms with E-state index in [4.69, 9.17) is 0 Å². The zero-order valence-corrected chi connectivity index (χ0v) is 24.4. The number of imide groups is 1. The number of hydrogen-bond acceptors (Lipinski definition) is 5. The first kappa shape index (κ1) is 25.7. The zero-order valence-electron chi connectivity index (χ0n) is 24.4. The second-order valence-electron chi connectivity index (χ2n) is 14.5. The number of fused-ring (bicyclic) bond motifs is 4. The van der Waals surface area contributed by atoms with Crippen LogP contribution in [0.3, 0.4) is 0 Å². The van der Waals surface area contributed by atoms with Gasteiger partial charge in [0.15, 0.2) is 0 Å². The van der Waals surface area contributed by atoms with Crippen LogP contribution >= 0.6 is 0 Å². The van der Waals surface area contributed by atoms with Gasteiger partial charge in [-0.1, -0.05) is 30.7 Å². The van der Waals surface area contributed by atoms with Gasteiger partial charge in [-0.15, -0.1) is 0 Å². The second kappa shape index (κ2) is 9.00. The molecule has 3 aliphatic carbocycles. The Morgan fingerprint density at radius 1 is 0.951 bits per heavy atom. The maximum Gasteiger partial charge on any atom is 0.331 e. The molecule has 4 heterocycles. The predicted molar refractivity (Wildman–Crippen MR) is 158 cm³/mol. The van der Waals surface area contributed by atoms with E-state index in [9.17, 15) is 14.4 Å². The van der Waals surface area contributed by atoms with Crippen LogP contribution in [0.15, 0.2) is 40.7 Å². The summed E-state index contributed by atoms with van der Waals surface area (Å²) in [5, 5.41) is 2.71. The summed E-state index contributed by atoms with van der Waals surface area (Å²) in [6.07, 6.45) is 12.3. The number of nitrogens with zero attached hydrogens (tertiary/aromatic N) is 4. The molecule has 3 amide bonds. The Morgan fingerprint density at radius 3 is 2.56 bits per heavy atom. The fourth-order valence-electron chi connectivity index (χ4n) is 9.58. The summed E-state index contributed by atoms with van der Waals surface area (Å²) < 4.78 is 1.88. The highest BCUT2D eigenvalue weighted by Crippen LogP contribution is 2.56. The molecule has 1 N–H and O–H groups in total. The molecule has 1 saturated carbocycles. The number of nitrogens with one attached hydrogen (secondary N) is 1. The number of piperidine rings is 2. The van der Waals surface area contributed by atoms with Crippen LogP contribution in [-0.2, 0) is 4.79 Å². The summed E-state index contributed by atoms with van der Waals surface area (Å²) in [7, 11) is 0. The first-order valence-corrected chi connectivity index (χ1v) is 15.8. The molecule has 1 aromatic heterocycles. The smallest absolute Gasteiger partial charge is 0.323 e. The minimum atomic E-state index is -1.08. The minimum absolute atomic E-state index is 0.00153. The van der Waals surface area contributed by atoms with Gasteiger partial charge >= 0.3 is 6.03 Å². The van der Waals surface area contributed by atoms with Crippen LogP contribution in [-0.4, -0.2) is 50.6 Å². The molecule has 8 atom stereocenters. The third kappa shape index (κ3) is 3.89.